The van der Waals surface area contributed by atoms with Gasteiger partial charge in [0.15, 0.2) is 0 Å². The van der Waals surface area contributed by atoms with Gasteiger partial charge in [-0.3, -0.25) is 9.78 Å². The van der Waals surface area contributed by atoms with Crippen molar-refractivity contribution in [1.82, 2.24) is 4.98 Å². The fourth-order valence-corrected chi connectivity index (χ4v) is 2.62. The lowest BCUT2D eigenvalue weighted by molar-refractivity contribution is -0.115. The number of nitrogens with zero attached hydrogens (tertiary/aromatic N) is 1. The Hall–Kier alpha value is -2.16. The van der Waals surface area contributed by atoms with Crippen molar-refractivity contribution in [1.29, 1.82) is 0 Å². The van der Waals surface area contributed by atoms with E-state index in [0.29, 0.717) is 6.42 Å². The van der Waals surface area contributed by atoms with Crippen molar-refractivity contribution < 1.29 is 4.79 Å². The number of hydrogen-bond acceptors (Lipinski definition) is 2. The van der Waals surface area contributed by atoms with Crippen molar-refractivity contribution in [3.63, 3.8) is 0 Å². The van der Waals surface area contributed by atoms with Crippen molar-refractivity contribution in [3.8, 4) is 11.1 Å². The second-order valence-corrected chi connectivity index (χ2v) is 4.80. The number of hydrogen-bond donors (Lipinski definition) is 1. The van der Waals surface area contributed by atoms with Crippen LogP contribution in [0.3, 0.4) is 0 Å². The van der Waals surface area contributed by atoms with Gasteiger partial charge in [-0.15, -0.1) is 0 Å². The van der Waals surface area contributed by atoms with Crippen LogP contribution < -0.4 is 5.32 Å². The highest BCUT2D eigenvalue weighted by Crippen LogP contribution is 2.34. The maximum atomic E-state index is 11.6. The fourth-order valence-electron chi connectivity index (χ4n) is 2.62. The molecule has 0 saturated carbocycles. The summed E-state index contributed by atoms with van der Waals surface area (Å²) < 4.78 is 0. The largest absolute Gasteiger partial charge is 0.326 e. The summed E-state index contributed by atoms with van der Waals surface area (Å²) in [5.41, 5.74) is 5.43. The van der Waals surface area contributed by atoms with Gasteiger partial charge >= 0.3 is 0 Å². The molecule has 1 aliphatic rings. The molecule has 0 spiro atoms. The fraction of sp³-hybridized carbons (Fsp3) is 0.250. The average Bonchev–Trinajstić information content (AvgIpc) is 2.80. The normalized spacial score (nSPS) is 13.2. The SMILES string of the molecule is CCCc1ncccc1-c1cccc2c1CC(=O)N2. The van der Waals surface area contributed by atoms with Gasteiger partial charge in [0.2, 0.25) is 5.91 Å². The number of benzene rings is 1. The van der Waals surface area contributed by atoms with E-state index >= 15 is 0 Å². The van der Waals surface area contributed by atoms with Crippen LogP contribution in [0.15, 0.2) is 36.5 Å². The lowest BCUT2D eigenvalue weighted by Crippen LogP contribution is -2.03. The van der Waals surface area contributed by atoms with E-state index < -0.39 is 0 Å². The van der Waals surface area contributed by atoms with E-state index in [4.69, 9.17) is 0 Å². The zero-order valence-corrected chi connectivity index (χ0v) is 10.9. The molecule has 3 rings (SSSR count). The molecular weight excluding hydrogens is 236 g/mol. The molecule has 0 unspecified atom stereocenters. The molecule has 96 valence electrons. The van der Waals surface area contributed by atoms with E-state index in [1.165, 1.54) is 0 Å². The number of pyridine rings is 1. The summed E-state index contributed by atoms with van der Waals surface area (Å²) in [5, 5.41) is 2.90. The van der Waals surface area contributed by atoms with E-state index in [-0.39, 0.29) is 5.91 Å². The van der Waals surface area contributed by atoms with Crippen molar-refractivity contribution in [2.45, 2.75) is 26.2 Å². The molecule has 1 amide bonds. The quantitative estimate of drug-likeness (QED) is 0.911. The lowest BCUT2D eigenvalue weighted by Gasteiger charge is -2.11. The highest BCUT2D eigenvalue weighted by Gasteiger charge is 2.22. The molecule has 2 heterocycles. The second-order valence-electron chi connectivity index (χ2n) is 4.80. The van der Waals surface area contributed by atoms with Crippen LogP contribution in [-0.2, 0) is 17.6 Å². The first-order valence-corrected chi connectivity index (χ1v) is 6.65. The number of aryl methyl sites for hydroxylation is 1. The summed E-state index contributed by atoms with van der Waals surface area (Å²) in [6, 6.07) is 10.1. The van der Waals surface area contributed by atoms with Gasteiger partial charge in [-0.2, -0.15) is 0 Å². The number of amides is 1. The maximum absolute atomic E-state index is 11.6. The van der Waals surface area contributed by atoms with Crippen LogP contribution in [0.2, 0.25) is 0 Å². The second kappa shape index (κ2) is 4.84. The predicted octanol–water partition coefficient (Wildman–Crippen LogP) is 3.20. The zero-order valence-electron chi connectivity index (χ0n) is 10.9. The molecule has 0 radical (unpaired) electrons. The first kappa shape index (κ1) is 11.9. The molecule has 19 heavy (non-hydrogen) atoms. The topological polar surface area (TPSA) is 42.0 Å². The highest BCUT2D eigenvalue weighted by molar-refractivity contribution is 6.01. The molecular formula is C16H16N2O. The smallest absolute Gasteiger partial charge is 0.228 e. The molecule has 0 aliphatic carbocycles. The minimum absolute atomic E-state index is 0.0726. The number of rotatable bonds is 3. The molecule has 0 fully saturated rings. The molecule has 2 aromatic rings. The van der Waals surface area contributed by atoms with Gasteiger partial charge in [0.1, 0.15) is 0 Å². The van der Waals surface area contributed by atoms with Crippen LogP contribution in [0, 0.1) is 0 Å². The van der Waals surface area contributed by atoms with Crippen molar-refractivity contribution in [2.24, 2.45) is 0 Å². The van der Waals surface area contributed by atoms with E-state index in [2.05, 4.69) is 29.4 Å². The summed E-state index contributed by atoms with van der Waals surface area (Å²) in [6.07, 6.45) is 4.32. The molecule has 1 aliphatic heterocycles. The standard InChI is InChI=1S/C16H16N2O/c1-2-5-14-12(7-4-9-17-14)11-6-3-8-15-13(11)10-16(19)18-15/h3-4,6-9H,2,5,10H2,1H3,(H,18,19). The Kier molecular flexibility index (Phi) is 3.03. The molecule has 1 aromatic heterocycles. The third-order valence-corrected chi connectivity index (χ3v) is 3.45. The monoisotopic (exact) mass is 252 g/mol. The summed E-state index contributed by atoms with van der Waals surface area (Å²) in [7, 11) is 0. The number of nitrogens with one attached hydrogen (secondary N) is 1. The van der Waals surface area contributed by atoms with Crippen LogP contribution in [0.5, 0.6) is 0 Å². The van der Waals surface area contributed by atoms with E-state index in [9.17, 15) is 4.79 Å². The summed E-state index contributed by atoms with van der Waals surface area (Å²) >= 11 is 0. The molecule has 3 nitrogen and oxygen atoms in total. The number of carbonyl (C=O) groups excluding carboxylic acids is 1. The molecule has 0 saturated heterocycles. The molecule has 1 aromatic carbocycles. The Labute approximate surface area is 112 Å². The molecule has 1 N–H and O–H groups in total. The Morgan fingerprint density at radius 3 is 2.89 bits per heavy atom. The van der Waals surface area contributed by atoms with Crippen LogP contribution in [0.1, 0.15) is 24.6 Å². The maximum Gasteiger partial charge on any atom is 0.228 e. The number of fused-ring (bicyclic) bond motifs is 1. The molecule has 0 bridgehead atoms. The first-order chi connectivity index (χ1) is 9.29. The van der Waals surface area contributed by atoms with E-state index in [0.717, 1.165) is 40.9 Å². The van der Waals surface area contributed by atoms with Gasteiger partial charge < -0.3 is 5.32 Å². The van der Waals surface area contributed by atoms with E-state index in [1.54, 1.807) is 0 Å². The third-order valence-electron chi connectivity index (χ3n) is 3.45. The Bertz CT molecular complexity index is 634. The van der Waals surface area contributed by atoms with Gasteiger partial charge in [0.05, 0.1) is 6.42 Å². The number of anilines is 1. The number of carbonyl (C=O) groups is 1. The lowest BCUT2D eigenvalue weighted by atomic mass is 9.95. The summed E-state index contributed by atoms with van der Waals surface area (Å²) in [5.74, 6) is 0.0726. The number of aromatic nitrogens is 1. The Morgan fingerprint density at radius 1 is 1.21 bits per heavy atom. The Balaban J connectivity index is 2.14. The van der Waals surface area contributed by atoms with Crippen LogP contribution >= 0.6 is 0 Å². The highest BCUT2D eigenvalue weighted by atomic mass is 16.1. The van der Waals surface area contributed by atoms with Gasteiger partial charge in [-0.25, -0.2) is 0 Å². The predicted molar refractivity (Wildman–Crippen MR) is 76.0 cm³/mol. The van der Waals surface area contributed by atoms with Gasteiger partial charge in [0, 0.05) is 23.1 Å². The average molecular weight is 252 g/mol. The third kappa shape index (κ3) is 2.12. The first-order valence-electron chi connectivity index (χ1n) is 6.65. The minimum atomic E-state index is 0.0726. The minimum Gasteiger partial charge on any atom is -0.326 e. The van der Waals surface area contributed by atoms with Crippen LogP contribution in [0.25, 0.3) is 11.1 Å². The van der Waals surface area contributed by atoms with Crippen molar-refractivity contribution >= 4 is 11.6 Å². The van der Waals surface area contributed by atoms with Crippen molar-refractivity contribution in [2.75, 3.05) is 5.32 Å². The molecule has 0 atom stereocenters. The van der Waals surface area contributed by atoms with Gasteiger partial charge in [0.25, 0.3) is 0 Å². The molecule has 3 heteroatoms. The Morgan fingerprint density at radius 2 is 2.05 bits per heavy atom. The van der Waals surface area contributed by atoms with Crippen molar-refractivity contribution in [3.05, 3.63) is 47.8 Å². The summed E-state index contributed by atoms with van der Waals surface area (Å²) in [4.78, 5) is 16.1. The van der Waals surface area contributed by atoms with Gasteiger partial charge in [-0.05, 0) is 29.7 Å². The van der Waals surface area contributed by atoms with E-state index in [1.807, 2.05) is 24.4 Å². The van der Waals surface area contributed by atoms with Gasteiger partial charge in [-0.1, -0.05) is 31.5 Å². The zero-order chi connectivity index (χ0) is 13.2. The summed E-state index contributed by atoms with van der Waals surface area (Å²) in [6.45, 7) is 2.15. The van der Waals surface area contributed by atoms with Crippen LogP contribution in [-0.4, -0.2) is 10.9 Å². The van der Waals surface area contributed by atoms with Crippen LogP contribution in [0.4, 0.5) is 5.69 Å².